The van der Waals surface area contributed by atoms with Gasteiger partial charge in [0, 0.05) is 10.9 Å². The van der Waals surface area contributed by atoms with Crippen LogP contribution < -0.4 is 11.1 Å². The molecular weight excluding hydrogens is 244 g/mol. The summed E-state index contributed by atoms with van der Waals surface area (Å²) in [4.78, 5) is 13.0. The van der Waals surface area contributed by atoms with E-state index in [1.165, 1.54) is 43.4 Å². The summed E-state index contributed by atoms with van der Waals surface area (Å²) < 4.78 is 0. The van der Waals surface area contributed by atoms with E-state index in [4.69, 9.17) is 5.73 Å². The number of nitrogens with one attached hydrogen (secondary N) is 1. The third-order valence-corrected chi connectivity index (χ3v) is 4.81. The van der Waals surface area contributed by atoms with Crippen molar-refractivity contribution in [1.82, 2.24) is 5.32 Å². The minimum Gasteiger partial charge on any atom is -0.352 e. The lowest BCUT2D eigenvalue weighted by Crippen LogP contribution is -2.43. The Kier molecular flexibility index (Phi) is 4.78. The highest BCUT2D eigenvalue weighted by Crippen LogP contribution is 2.26. The fourth-order valence-corrected chi connectivity index (χ4v) is 3.39. The van der Waals surface area contributed by atoms with Gasteiger partial charge in [0.15, 0.2) is 0 Å². The molecule has 1 aromatic heterocycles. The van der Waals surface area contributed by atoms with Crippen molar-refractivity contribution < 1.29 is 4.79 Å². The van der Waals surface area contributed by atoms with Gasteiger partial charge in [-0.25, -0.2) is 0 Å². The average molecular weight is 266 g/mol. The molecule has 3 nitrogen and oxygen atoms in total. The lowest BCUT2D eigenvalue weighted by atomic mass is 9.84. The highest BCUT2D eigenvalue weighted by Gasteiger charge is 2.24. The predicted octanol–water partition coefficient (Wildman–Crippen LogP) is 2.83. The highest BCUT2D eigenvalue weighted by molar-refractivity contribution is 7.10. The van der Waals surface area contributed by atoms with E-state index in [-0.39, 0.29) is 11.9 Å². The van der Waals surface area contributed by atoms with Crippen LogP contribution in [0.3, 0.4) is 0 Å². The Bertz CT molecular complexity index is 371. The molecule has 1 aliphatic carbocycles. The summed E-state index contributed by atoms with van der Waals surface area (Å²) in [5.74, 6) is 0.578. The van der Waals surface area contributed by atoms with Gasteiger partial charge in [0.05, 0.1) is 0 Å². The van der Waals surface area contributed by atoms with Crippen LogP contribution in [0.1, 0.15) is 49.9 Å². The van der Waals surface area contributed by atoms with E-state index in [9.17, 15) is 4.79 Å². The van der Waals surface area contributed by atoms with Gasteiger partial charge in [-0.3, -0.25) is 4.79 Å². The molecule has 0 spiro atoms. The topological polar surface area (TPSA) is 55.1 Å². The number of carbonyl (C=O) groups is 1. The van der Waals surface area contributed by atoms with Crippen molar-refractivity contribution in [3.05, 3.63) is 22.4 Å². The molecule has 100 valence electrons. The van der Waals surface area contributed by atoms with Crippen molar-refractivity contribution in [3.8, 4) is 0 Å². The van der Waals surface area contributed by atoms with Crippen LogP contribution in [0.4, 0.5) is 0 Å². The Morgan fingerprint density at radius 1 is 1.44 bits per heavy atom. The minimum absolute atomic E-state index is 0.0458. The van der Waals surface area contributed by atoms with Gasteiger partial charge in [0.2, 0.25) is 5.91 Å². The monoisotopic (exact) mass is 266 g/mol. The molecule has 1 aromatic rings. The smallest absolute Gasteiger partial charge is 0.242 e. The summed E-state index contributed by atoms with van der Waals surface area (Å²) in [7, 11) is 0. The largest absolute Gasteiger partial charge is 0.352 e. The molecule has 18 heavy (non-hydrogen) atoms. The van der Waals surface area contributed by atoms with E-state index in [0.717, 1.165) is 4.88 Å². The summed E-state index contributed by atoms with van der Waals surface area (Å²) in [5, 5.41) is 5.03. The molecule has 0 saturated heterocycles. The Labute approximate surface area is 113 Å². The molecule has 1 saturated carbocycles. The number of nitrogens with two attached hydrogens (primary N) is 1. The second kappa shape index (κ2) is 6.34. The second-order valence-electron chi connectivity index (χ2n) is 5.19. The maximum Gasteiger partial charge on any atom is 0.242 e. The van der Waals surface area contributed by atoms with Crippen LogP contribution >= 0.6 is 11.3 Å². The maximum atomic E-state index is 12.1. The first kappa shape index (κ1) is 13.6. The van der Waals surface area contributed by atoms with Gasteiger partial charge >= 0.3 is 0 Å². The molecule has 0 aliphatic heterocycles. The first-order valence-corrected chi connectivity index (χ1v) is 7.66. The van der Waals surface area contributed by atoms with Gasteiger partial charge in [-0.2, -0.15) is 0 Å². The number of thiophene rings is 1. The molecule has 1 aliphatic rings. The number of hydrogen-bond donors (Lipinski definition) is 2. The molecule has 2 unspecified atom stereocenters. The van der Waals surface area contributed by atoms with E-state index in [1.807, 2.05) is 17.5 Å². The van der Waals surface area contributed by atoms with Crippen molar-refractivity contribution in [2.45, 2.75) is 51.1 Å². The van der Waals surface area contributed by atoms with Crippen LogP contribution in [-0.4, -0.2) is 11.9 Å². The quantitative estimate of drug-likeness (QED) is 0.880. The van der Waals surface area contributed by atoms with Crippen molar-refractivity contribution >= 4 is 17.2 Å². The number of amides is 1. The summed E-state index contributed by atoms with van der Waals surface area (Å²) >= 11 is 1.54. The Morgan fingerprint density at radius 2 is 2.17 bits per heavy atom. The molecule has 1 amide bonds. The fourth-order valence-electron chi connectivity index (χ4n) is 2.66. The number of hydrogen-bond acceptors (Lipinski definition) is 3. The van der Waals surface area contributed by atoms with E-state index in [0.29, 0.717) is 5.92 Å². The van der Waals surface area contributed by atoms with Crippen LogP contribution in [0.25, 0.3) is 0 Å². The molecule has 3 N–H and O–H groups in total. The molecule has 1 heterocycles. The molecule has 2 rings (SSSR count). The van der Waals surface area contributed by atoms with Gasteiger partial charge in [0.1, 0.15) is 6.04 Å². The van der Waals surface area contributed by atoms with Crippen LogP contribution in [0.5, 0.6) is 0 Å². The van der Waals surface area contributed by atoms with Gasteiger partial charge in [-0.05, 0) is 37.1 Å². The van der Waals surface area contributed by atoms with Gasteiger partial charge < -0.3 is 11.1 Å². The van der Waals surface area contributed by atoms with Crippen LogP contribution in [0.2, 0.25) is 0 Å². The molecule has 0 aromatic carbocycles. The van der Waals surface area contributed by atoms with Crippen LogP contribution in [0.15, 0.2) is 17.5 Å². The van der Waals surface area contributed by atoms with E-state index in [1.54, 1.807) is 0 Å². The second-order valence-corrected chi connectivity index (χ2v) is 6.17. The zero-order valence-electron chi connectivity index (χ0n) is 10.9. The van der Waals surface area contributed by atoms with E-state index in [2.05, 4.69) is 12.2 Å². The minimum atomic E-state index is -0.518. The average Bonchev–Trinajstić information content (AvgIpc) is 2.92. The SMILES string of the molecule is CC(NC(=O)C(N)c1cccs1)C1CCCCC1. The van der Waals surface area contributed by atoms with Crippen molar-refractivity contribution in [2.75, 3.05) is 0 Å². The molecule has 0 radical (unpaired) electrons. The summed E-state index contributed by atoms with van der Waals surface area (Å²) in [6.07, 6.45) is 6.39. The van der Waals surface area contributed by atoms with Gasteiger partial charge in [0.25, 0.3) is 0 Å². The predicted molar refractivity (Wildman–Crippen MR) is 75.4 cm³/mol. The fraction of sp³-hybridized carbons (Fsp3) is 0.643. The normalized spacial score (nSPS) is 20.3. The molecule has 1 fully saturated rings. The first-order chi connectivity index (χ1) is 8.68. The van der Waals surface area contributed by atoms with E-state index >= 15 is 0 Å². The third-order valence-electron chi connectivity index (χ3n) is 3.86. The molecule has 0 bridgehead atoms. The molecule has 4 heteroatoms. The first-order valence-electron chi connectivity index (χ1n) is 6.78. The lowest BCUT2D eigenvalue weighted by Gasteiger charge is -2.29. The number of rotatable bonds is 4. The van der Waals surface area contributed by atoms with Crippen LogP contribution in [0, 0.1) is 5.92 Å². The number of carbonyl (C=O) groups excluding carboxylic acids is 1. The van der Waals surface area contributed by atoms with Crippen molar-refractivity contribution in [3.63, 3.8) is 0 Å². The zero-order chi connectivity index (χ0) is 13.0. The lowest BCUT2D eigenvalue weighted by molar-refractivity contribution is -0.123. The Morgan fingerprint density at radius 3 is 2.78 bits per heavy atom. The Balaban J connectivity index is 1.86. The molecular formula is C14H22N2OS. The van der Waals surface area contributed by atoms with E-state index < -0.39 is 6.04 Å². The van der Waals surface area contributed by atoms with Crippen molar-refractivity contribution in [2.24, 2.45) is 11.7 Å². The third kappa shape index (κ3) is 3.33. The standard InChI is InChI=1S/C14H22N2OS/c1-10(11-6-3-2-4-7-11)16-14(17)13(15)12-8-5-9-18-12/h5,8-11,13H,2-4,6-7,15H2,1H3,(H,16,17). The maximum absolute atomic E-state index is 12.1. The van der Waals surface area contributed by atoms with Gasteiger partial charge in [-0.15, -0.1) is 11.3 Å². The van der Waals surface area contributed by atoms with Crippen molar-refractivity contribution in [1.29, 1.82) is 0 Å². The van der Waals surface area contributed by atoms with Crippen LogP contribution in [-0.2, 0) is 4.79 Å². The van der Waals surface area contributed by atoms with Gasteiger partial charge in [-0.1, -0.05) is 25.3 Å². The highest BCUT2D eigenvalue weighted by atomic mass is 32.1. The molecule has 2 atom stereocenters. The summed E-state index contributed by atoms with van der Waals surface area (Å²) in [5.41, 5.74) is 5.96. The summed E-state index contributed by atoms with van der Waals surface area (Å²) in [6, 6.07) is 3.57. The Hall–Kier alpha value is -0.870. The summed E-state index contributed by atoms with van der Waals surface area (Å²) in [6.45, 7) is 2.11. The zero-order valence-corrected chi connectivity index (χ0v) is 11.7.